The molecule has 0 aliphatic heterocycles. The molecule has 0 fully saturated rings. The Morgan fingerprint density at radius 2 is 1.95 bits per heavy atom. The number of rotatable bonds is 3. The van der Waals surface area contributed by atoms with Crippen molar-refractivity contribution in [3.05, 3.63) is 52.8 Å². The van der Waals surface area contributed by atoms with Crippen molar-refractivity contribution < 1.29 is 9.90 Å². The maximum absolute atomic E-state index is 10.9. The summed E-state index contributed by atoms with van der Waals surface area (Å²) in [5.41, 5.74) is 5.60. The van der Waals surface area contributed by atoms with E-state index < -0.39 is 5.97 Å². The summed E-state index contributed by atoms with van der Waals surface area (Å²) >= 11 is 0. The molecule has 1 N–H and O–H groups in total. The molecule has 0 amide bonds. The molecular weight excluding hydrogens is 238 g/mol. The minimum absolute atomic E-state index is 0.316. The van der Waals surface area contributed by atoms with Crippen LogP contribution in [0.2, 0.25) is 0 Å². The second-order valence-corrected chi connectivity index (χ2v) is 4.68. The van der Waals surface area contributed by atoms with Crippen LogP contribution in [0.4, 0.5) is 0 Å². The quantitative estimate of drug-likeness (QED) is 0.911. The van der Waals surface area contributed by atoms with Crippen molar-refractivity contribution in [2.45, 2.75) is 27.2 Å². The van der Waals surface area contributed by atoms with Gasteiger partial charge >= 0.3 is 5.97 Å². The summed E-state index contributed by atoms with van der Waals surface area (Å²) in [6.45, 7) is 6.06. The zero-order valence-electron chi connectivity index (χ0n) is 11.4. The molecular formula is C16H17NO2. The van der Waals surface area contributed by atoms with E-state index in [4.69, 9.17) is 5.11 Å². The molecule has 1 aromatic heterocycles. The Morgan fingerprint density at radius 1 is 1.21 bits per heavy atom. The Bertz CT molecular complexity index is 633. The molecule has 19 heavy (non-hydrogen) atoms. The van der Waals surface area contributed by atoms with E-state index in [-0.39, 0.29) is 0 Å². The number of benzene rings is 1. The van der Waals surface area contributed by atoms with Gasteiger partial charge in [0.15, 0.2) is 0 Å². The summed E-state index contributed by atoms with van der Waals surface area (Å²) in [5, 5.41) is 8.97. The van der Waals surface area contributed by atoms with Crippen LogP contribution in [-0.4, -0.2) is 16.1 Å². The van der Waals surface area contributed by atoms with Crippen LogP contribution in [0.3, 0.4) is 0 Å². The van der Waals surface area contributed by atoms with Crippen molar-refractivity contribution in [3.63, 3.8) is 0 Å². The fourth-order valence-corrected chi connectivity index (χ4v) is 2.24. The molecule has 2 rings (SSSR count). The molecule has 3 nitrogen and oxygen atoms in total. The van der Waals surface area contributed by atoms with Crippen LogP contribution in [0.1, 0.15) is 34.1 Å². The minimum Gasteiger partial charge on any atom is -0.478 e. The van der Waals surface area contributed by atoms with Crippen molar-refractivity contribution in [3.8, 4) is 11.1 Å². The van der Waals surface area contributed by atoms with Gasteiger partial charge in [0.2, 0.25) is 0 Å². The summed E-state index contributed by atoms with van der Waals surface area (Å²) in [6, 6.07) is 7.28. The van der Waals surface area contributed by atoms with Gasteiger partial charge in [-0.15, -0.1) is 0 Å². The maximum Gasteiger partial charge on any atom is 0.335 e. The van der Waals surface area contributed by atoms with E-state index in [2.05, 4.69) is 24.9 Å². The van der Waals surface area contributed by atoms with Gasteiger partial charge in [-0.3, -0.25) is 4.98 Å². The molecule has 0 bridgehead atoms. The van der Waals surface area contributed by atoms with E-state index in [1.807, 2.05) is 19.2 Å². The number of aromatic carboxylic acids is 1. The fraction of sp³-hybridized carbons (Fsp3) is 0.250. The van der Waals surface area contributed by atoms with E-state index >= 15 is 0 Å². The summed E-state index contributed by atoms with van der Waals surface area (Å²) in [7, 11) is 0. The standard InChI is InChI=1S/C16H17NO2/c1-4-15-11(3)8-13(9-17-15)14-6-5-12(16(18)19)7-10(14)2/h5-9H,4H2,1-3H3,(H,18,19). The number of aromatic nitrogens is 1. The van der Waals surface area contributed by atoms with Crippen LogP contribution in [0.25, 0.3) is 11.1 Å². The first-order valence-electron chi connectivity index (χ1n) is 6.32. The highest BCUT2D eigenvalue weighted by Gasteiger charge is 2.08. The van der Waals surface area contributed by atoms with Gasteiger partial charge in [0.1, 0.15) is 0 Å². The van der Waals surface area contributed by atoms with Crippen molar-refractivity contribution in [1.82, 2.24) is 4.98 Å². The van der Waals surface area contributed by atoms with Gasteiger partial charge in [-0.05, 0) is 55.2 Å². The molecule has 2 aromatic rings. The van der Waals surface area contributed by atoms with Crippen molar-refractivity contribution >= 4 is 5.97 Å². The summed E-state index contributed by atoms with van der Waals surface area (Å²) in [4.78, 5) is 15.4. The van der Waals surface area contributed by atoms with E-state index in [1.165, 1.54) is 5.56 Å². The highest BCUT2D eigenvalue weighted by molar-refractivity contribution is 5.89. The Morgan fingerprint density at radius 3 is 2.47 bits per heavy atom. The molecule has 3 heteroatoms. The molecule has 1 aromatic carbocycles. The lowest BCUT2D eigenvalue weighted by atomic mass is 9.98. The van der Waals surface area contributed by atoms with Gasteiger partial charge in [0.25, 0.3) is 0 Å². The Hall–Kier alpha value is -2.16. The summed E-state index contributed by atoms with van der Waals surface area (Å²) in [5.74, 6) is -0.898. The molecule has 0 atom stereocenters. The molecule has 98 valence electrons. The third kappa shape index (κ3) is 2.65. The van der Waals surface area contributed by atoms with Gasteiger partial charge in [-0.25, -0.2) is 4.79 Å². The zero-order valence-corrected chi connectivity index (χ0v) is 11.4. The number of hydrogen-bond donors (Lipinski definition) is 1. The second-order valence-electron chi connectivity index (χ2n) is 4.68. The first-order chi connectivity index (χ1) is 9.02. The number of hydrogen-bond acceptors (Lipinski definition) is 2. The van der Waals surface area contributed by atoms with E-state index in [9.17, 15) is 4.79 Å². The van der Waals surface area contributed by atoms with Crippen molar-refractivity contribution in [2.75, 3.05) is 0 Å². The molecule has 0 saturated heterocycles. The number of nitrogens with zero attached hydrogens (tertiary/aromatic N) is 1. The molecule has 0 saturated carbocycles. The van der Waals surface area contributed by atoms with Gasteiger partial charge in [0, 0.05) is 17.5 Å². The van der Waals surface area contributed by atoms with Crippen LogP contribution in [0.15, 0.2) is 30.5 Å². The molecule has 0 aliphatic rings. The van der Waals surface area contributed by atoms with Gasteiger partial charge in [-0.1, -0.05) is 13.0 Å². The first-order valence-corrected chi connectivity index (χ1v) is 6.32. The number of aryl methyl sites for hydroxylation is 3. The lowest BCUT2D eigenvalue weighted by molar-refractivity contribution is 0.0697. The third-order valence-electron chi connectivity index (χ3n) is 3.31. The van der Waals surface area contributed by atoms with E-state index in [0.717, 1.165) is 28.8 Å². The highest BCUT2D eigenvalue weighted by atomic mass is 16.4. The average Bonchev–Trinajstić information content (AvgIpc) is 2.38. The van der Waals surface area contributed by atoms with Gasteiger partial charge < -0.3 is 5.11 Å². The number of carboxylic acids is 1. The predicted molar refractivity (Wildman–Crippen MR) is 75.5 cm³/mol. The lowest BCUT2D eigenvalue weighted by Gasteiger charge is -2.09. The molecule has 0 unspecified atom stereocenters. The topological polar surface area (TPSA) is 50.2 Å². The predicted octanol–water partition coefficient (Wildman–Crippen LogP) is 3.63. The average molecular weight is 255 g/mol. The number of carboxylic acid groups (broad SMARTS) is 1. The fourth-order valence-electron chi connectivity index (χ4n) is 2.24. The van der Waals surface area contributed by atoms with Crippen LogP contribution in [0.5, 0.6) is 0 Å². The Kier molecular flexibility index (Phi) is 3.65. The number of carbonyl (C=O) groups is 1. The van der Waals surface area contributed by atoms with Gasteiger partial charge in [0.05, 0.1) is 5.56 Å². The second kappa shape index (κ2) is 5.22. The highest BCUT2D eigenvalue weighted by Crippen LogP contribution is 2.25. The van der Waals surface area contributed by atoms with Crippen LogP contribution < -0.4 is 0 Å². The Balaban J connectivity index is 2.47. The van der Waals surface area contributed by atoms with E-state index in [0.29, 0.717) is 5.56 Å². The monoisotopic (exact) mass is 255 g/mol. The van der Waals surface area contributed by atoms with Crippen LogP contribution >= 0.6 is 0 Å². The van der Waals surface area contributed by atoms with E-state index in [1.54, 1.807) is 12.1 Å². The van der Waals surface area contributed by atoms with Crippen molar-refractivity contribution in [2.24, 2.45) is 0 Å². The molecule has 0 radical (unpaired) electrons. The summed E-state index contributed by atoms with van der Waals surface area (Å²) < 4.78 is 0. The minimum atomic E-state index is -0.898. The van der Waals surface area contributed by atoms with Gasteiger partial charge in [-0.2, -0.15) is 0 Å². The normalized spacial score (nSPS) is 10.5. The largest absolute Gasteiger partial charge is 0.478 e. The lowest BCUT2D eigenvalue weighted by Crippen LogP contribution is -1.98. The Labute approximate surface area is 112 Å². The number of pyridine rings is 1. The zero-order chi connectivity index (χ0) is 14.0. The maximum atomic E-state index is 10.9. The third-order valence-corrected chi connectivity index (χ3v) is 3.31. The summed E-state index contributed by atoms with van der Waals surface area (Å²) in [6.07, 6.45) is 2.78. The SMILES string of the molecule is CCc1ncc(-c2ccc(C(=O)O)cc2C)cc1C. The molecule has 0 spiro atoms. The first kappa shape index (κ1) is 13.3. The molecule has 0 aliphatic carbocycles. The molecule has 1 heterocycles. The van der Waals surface area contributed by atoms with Crippen LogP contribution in [-0.2, 0) is 6.42 Å². The smallest absolute Gasteiger partial charge is 0.335 e. The van der Waals surface area contributed by atoms with Crippen LogP contribution in [0, 0.1) is 13.8 Å². The van der Waals surface area contributed by atoms with Crippen molar-refractivity contribution in [1.29, 1.82) is 0 Å².